The van der Waals surface area contributed by atoms with E-state index < -0.39 is 0 Å². The zero-order valence-electron chi connectivity index (χ0n) is 16.1. The van der Waals surface area contributed by atoms with Crippen molar-refractivity contribution in [2.45, 2.75) is 12.8 Å². The average Bonchev–Trinajstić information content (AvgIpc) is 2.77. The average molecular weight is 382 g/mol. The smallest absolute Gasteiger partial charge is 0.242 e. The molecule has 1 saturated heterocycles. The van der Waals surface area contributed by atoms with E-state index in [4.69, 9.17) is 4.74 Å². The molecule has 2 amide bonds. The van der Waals surface area contributed by atoms with Gasteiger partial charge in [0, 0.05) is 38.8 Å². The first-order valence-electron chi connectivity index (χ1n) is 9.49. The summed E-state index contributed by atoms with van der Waals surface area (Å²) < 4.78 is 5.19. The van der Waals surface area contributed by atoms with Crippen LogP contribution in [0.15, 0.2) is 48.7 Å². The highest BCUT2D eigenvalue weighted by Crippen LogP contribution is 2.14. The molecule has 1 aliphatic rings. The van der Waals surface area contributed by atoms with Gasteiger partial charge in [-0.3, -0.25) is 9.59 Å². The molecule has 1 fully saturated rings. The second kappa shape index (κ2) is 9.73. The summed E-state index contributed by atoms with van der Waals surface area (Å²) in [7, 11) is 1.62. The maximum absolute atomic E-state index is 12.4. The molecule has 0 saturated carbocycles. The third kappa shape index (κ3) is 5.45. The molecule has 2 heterocycles. The normalized spacial score (nSPS) is 13.9. The number of carbonyl (C=O) groups excluding carboxylic acids is 2. The Hall–Kier alpha value is -3.09. The topological polar surface area (TPSA) is 74.8 Å². The minimum atomic E-state index is -0.122. The van der Waals surface area contributed by atoms with Crippen molar-refractivity contribution in [2.24, 2.45) is 0 Å². The third-order valence-corrected chi connectivity index (χ3v) is 4.82. The number of nitrogens with zero attached hydrogens (tertiary/aromatic N) is 3. The molecule has 7 heteroatoms. The van der Waals surface area contributed by atoms with Crippen molar-refractivity contribution in [1.29, 1.82) is 0 Å². The van der Waals surface area contributed by atoms with Gasteiger partial charge in [0.05, 0.1) is 13.7 Å². The van der Waals surface area contributed by atoms with E-state index in [1.165, 1.54) is 0 Å². The molecular formula is C21H26N4O3. The Morgan fingerprint density at radius 1 is 1.11 bits per heavy atom. The fraction of sp³-hybridized carbons (Fsp3) is 0.381. The number of amides is 2. The summed E-state index contributed by atoms with van der Waals surface area (Å²) in [5.41, 5.74) is 1.03. The number of aryl methyl sites for hydroxylation is 1. The summed E-state index contributed by atoms with van der Waals surface area (Å²) in [5, 5.41) is 2.73. The monoisotopic (exact) mass is 382 g/mol. The quantitative estimate of drug-likeness (QED) is 0.785. The molecule has 0 bridgehead atoms. The van der Waals surface area contributed by atoms with Gasteiger partial charge in [0.15, 0.2) is 0 Å². The van der Waals surface area contributed by atoms with Crippen LogP contribution in [0.4, 0.5) is 5.82 Å². The van der Waals surface area contributed by atoms with Crippen LogP contribution in [-0.2, 0) is 16.0 Å². The van der Waals surface area contributed by atoms with Crippen molar-refractivity contribution in [3.05, 3.63) is 54.2 Å². The van der Waals surface area contributed by atoms with Crippen LogP contribution in [0.1, 0.15) is 12.0 Å². The van der Waals surface area contributed by atoms with Gasteiger partial charge in [-0.15, -0.1) is 0 Å². The van der Waals surface area contributed by atoms with Crippen LogP contribution in [0.3, 0.4) is 0 Å². The van der Waals surface area contributed by atoms with Gasteiger partial charge in [0.1, 0.15) is 11.6 Å². The molecule has 28 heavy (non-hydrogen) atoms. The third-order valence-electron chi connectivity index (χ3n) is 4.82. The first-order chi connectivity index (χ1) is 13.7. The summed E-state index contributed by atoms with van der Waals surface area (Å²) >= 11 is 0. The van der Waals surface area contributed by atoms with Crippen LogP contribution >= 0.6 is 0 Å². The van der Waals surface area contributed by atoms with Gasteiger partial charge < -0.3 is 19.9 Å². The van der Waals surface area contributed by atoms with Gasteiger partial charge in [-0.05, 0) is 36.2 Å². The molecular weight excluding hydrogens is 356 g/mol. The van der Waals surface area contributed by atoms with Crippen LogP contribution in [0, 0.1) is 0 Å². The lowest BCUT2D eigenvalue weighted by Gasteiger charge is -2.35. The Bertz CT molecular complexity index is 789. The minimum absolute atomic E-state index is 0.0422. The zero-order valence-corrected chi connectivity index (χ0v) is 16.1. The summed E-state index contributed by atoms with van der Waals surface area (Å²) in [6, 6.07) is 13.5. The number of benzene rings is 1. The molecule has 0 aliphatic carbocycles. The lowest BCUT2D eigenvalue weighted by atomic mass is 10.1. The van der Waals surface area contributed by atoms with Gasteiger partial charge in [-0.25, -0.2) is 4.98 Å². The molecule has 0 spiro atoms. The Kier molecular flexibility index (Phi) is 6.84. The number of anilines is 1. The van der Waals surface area contributed by atoms with Gasteiger partial charge in [-0.2, -0.15) is 0 Å². The van der Waals surface area contributed by atoms with Crippen LogP contribution in [0.5, 0.6) is 5.75 Å². The zero-order chi connectivity index (χ0) is 19.8. The predicted octanol–water partition coefficient (Wildman–Crippen LogP) is 1.49. The molecule has 1 aliphatic heterocycles. The largest absolute Gasteiger partial charge is 0.497 e. The molecule has 7 nitrogen and oxygen atoms in total. The number of hydrogen-bond donors (Lipinski definition) is 1. The van der Waals surface area contributed by atoms with Crippen LogP contribution in [0.25, 0.3) is 0 Å². The van der Waals surface area contributed by atoms with E-state index >= 15 is 0 Å². The van der Waals surface area contributed by atoms with Crippen molar-refractivity contribution >= 4 is 17.6 Å². The first kappa shape index (κ1) is 19.7. The second-order valence-electron chi connectivity index (χ2n) is 6.68. The summed E-state index contributed by atoms with van der Waals surface area (Å²) in [5.74, 6) is 1.54. The Balaban J connectivity index is 1.37. The first-order valence-corrected chi connectivity index (χ1v) is 9.49. The van der Waals surface area contributed by atoms with Gasteiger partial charge >= 0.3 is 0 Å². The maximum atomic E-state index is 12.4. The number of aromatic nitrogens is 1. The van der Waals surface area contributed by atoms with E-state index in [-0.39, 0.29) is 18.4 Å². The number of carbonyl (C=O) groups is 2. The summed E-state index contributed by atoms with van der Waals surface area (Å²) in [6.45, 7) is 2.80. The summed E-state index contributed by atoms with van der Waals surface area (Å²) in [4.78, 5) is 32.7. The van der Waals surface area contributed by atoms with Crippen LogP contribution in [-0.4, -0.2) is 61.5 Å². The molecule has 3 rings (SSSR count). The number of rotatable bonds is 7. The molecule has 1 aromatic carbocycles. The minimum Gasteiger partial charge on any atom is -0.497 e. The van der Waals surface area contributed by atoms with Crippen molar-refractivity contribution in [1.82, 2.24) is 15.2 Å². The Morgan fingerprint density at radius 3 is 2.64 bits per heavy atom. The number of nitrogens with one attached hydrogen (secondary N) is 1. The maximum Gasteiger partial charge on any atom is 0.242 e. The number of piperazine rings is 1. The second-order valence-corrected chi connectivity index (χ2v) is 6.68. The van der Waals surface area contributed by atoms with E-state index in [9.17, 15) is 9.59 Å². The highest BCUT2D eigenvalue weighted by Gasteiger charge is 2.21. The van der Waals surface area contributed by atoms with Crippen molar-refractivity contribution in [3.8, 4) is 5.75 Å². The molecule has 0 radical (unpaired) electrons. The van der Waals surface area contributed by atoms with Gasteiger partial charge in [0.25, 0.3) is 0 Å². The molecule has 0 atom stereocenters. The van der Waals surface area contributed by atoms with Gasteiger partial charge in [-0.1, -0.05) is 18.2 Å². The highest BCUT2D eigenvalue weighted by atomic mass is 16.5. The van der Waals surface area contributed by atoms with Crippen molar-refractivity contribution in [3.63, 3.8) is 0 Å². The molecule has 1 aromatic heterocycles. The molecule has 148 valence electrons. The molecule has 0 unspecified atom stereocenters. The van der Waals surface area contributed by atoms with Crippen LogP contribution < -0.4 is 15.0 Å². The number of ether oxygens (including phenoxy) is 1. The van der Waals surface area contributed by atoms with E-state index in [2.05, 4.69) is 15.2 Å². The van der Waals surface area contributed by atoms with Crippen molar-refractivity contribution < 1.29 is 14.3 Å². The van der Waals surface area contributed by atoms with E-state index in [0.717, 1.165) is 30.2 Å². The Labute approximate surface area is 165 Å². The van der Waals surface area contributed by atoms with Crippen LogP contribution in [0.2, 0.25) is 0 Å². The number of hydrogen-bond acceptors (Lipinski definition) is 5. The summed E-state index contributed by atoms with van der Waals surface area (Å²) in [6.07, 6.45) is 2.72. The fourth-order valence-corrected chi connectivity index (χ4v) is 3.19. The van der Waals surface area contributed by atoms with E-state index in [1.54, 1.807) is 18.2 Å². The predicted molar refractivity (Wildman–Crippen MR) is 107 cm³/mol. The van der Waals surface area contributed by atoms with E-state index in [1.807, 2.05) is 42.5 Å². The number of methoxy groups -OCH3 is 1. The molecule has 1 N–H and O–H groups in total. The van der Waals surface area contributed by atoms with Gasteiger partial charge in [0.2, 0.25) is 11.8 Å². The SMILES string of the molecule is COc1cccc(CCC(=O)NCC(=O)N2CCN(c3ccccn3)CC2)c1. The standard InChI is InChI=1S/C21H26N4O3/c1-28-18-6-4-5-17(15-18)8-9-20(26)23-16-21(27)25-13-11-24(12-14-25)19-7-2-3-10-22-19/h2-7,10,15H,8-9,11-14,16H2,1H3,(H,23,26). The molecule has 2 aromatic rings. The fourth-order valence-electron chi connectivity index (χ4n) is 3.19. The van der Waals surface area contributed by atoms with E-state index in [0.29, 0.717) is 25.9 Å². The Morgan fingerprint density at radius 2 is 1.93 bits per heavy atom. The highest BCUT2D eigenvalue weighted by molar-refractivity contribution is 5.85. The van der Waals surface area contributed by atoms with Crippen molar-refractivity contribution in [2.75, 3.05) is 44.7 Å². The lowest BCUT2D eigenvalue weighted by molar-refractivity contribution is -0.133. The number of pyridine rings is 1. The lowest BCUT2D eigenvalue weighted by Crippen LogP contribution is -2.51.